The predicted octanol–water partition coefficient (Wildman–Crippen LogP) is 3.71. The van der Waals surface area contributed by atoms with Gasteiger partial charge in [0, 0.05) is 16.5 Å². The molecule has 1 amide bonds. The maximum absolute atomic E-state index is 11.4. The van der Waals surface area contributed by atoms with Crippen molar-refractivity contribution < 1.29 is 9.32 Å². The predicted molar refractivity (Wildman–Crippen MR) is 97.9 cm³/mol. The lowest BCUT2D eigenvalue weighted by Crippen LogP contribution is -2.13. The quantitative estimate of drug-likeness (QED) is 0.657. The fourth-order valence-electron chi connectivity index (χ4n) is 2.54. The van der Waals surface area contributed by atoms with Gasteiger partial charge in [-0.1, -0.05) is 51.4 Å². The van der Waals surface area contributed by atoms with Crippen LogP contribution in [0.4, 0.5) is 0 Å². The lowest BCUT2D eigenvalue weighted by Gasteiger charge is -2.04. The summed E-state index contributed by atoms with van der Waals surface area (Å²) < 4.78 is 6.30. The number of rotatable bonds is 7. The summed E-state index contributed by atoms with van der Waals surface area (Å²) in [5.41, 5.74) is 7.98. The molecule has 0 atom stereocenters. The number of aryl methyl sites for hydroxylation is 1. The van der Waals surface area contributed by atoms with E-state index in [9.17, 15) is 4.79 Å². The minimum Gasteiger partial charge on any atom is -0.366 e. The van der Waals surface area contributed by atoms with Crippen molar-refractivity contribution in [3.05, 3.63) is 87.8 Å². The summed E-state index contributed by atoms with van der Waals surface area (Å²) in [5.74, 6) is 0.722. The highest BCUT2D eigenvalue weighted by atomic mass is 79.9. The van der Waals surface area contributed by atoms with Crippen LogP contribution in [-0.4, -0.2) is 16.0 Å². The van der Waals surface area contributed by atoms with Gasteiger partial charge in [0.25, 0.3) is 0 Å². The number of hydrogen-bond acceptors (Lipinski definition) is 4. The van der Waals surface area contributed by atoms with E-state index in [1.807, 2.05) is 42.8 Å². The Morgan fingerprint density at radius 3 is 2.68 bits per heavy atom. The molecule has 0 unspecified atom stereocenters. The number of benzene rings is 2. The molecule has 0 fully saturated rings. The van der Waals surface area contributed by atoms with Gasteiger partial charge in [-0.05, 0) is 42.2 Å². The minimum absolute atomic E-state index is 0.412. The maximum Gasteiger partial charge on any atom is 0.248 e. The highest BCUT2D eigenvalue weighted by Gasteiger charge is 2.10. The van der Waals surface area contributed by atoms with Gasteiger partial charge in [0.15, 0.2) is 5.82 Å². The molecule has 0 spiro atoms. The van der Waals surface area contributed by atoms with E-state index >= 15 is 0 Å². The summed E-state index contributed by atoms with van der Waals surface area (Å²) >= 11 is 3.41. The smallest absolute Gasteiger partial charge is 0.248 e. The lowest BCUT2D eigenvalue weighted by molar-refractivity contribution is 0.0999. The van der Waals surface area contributed by atoms with E-state index in [4.69, 9.17) is 10.3 Å². The average molecular weight is 399 g/mol. The van der Waals surface area contributed by atoms with E-state index in [1.165, 1.54) is 0 Å². The summed E-state index contributed by atoms with van der Waals surface area (Å²) in [7, 11) is 0. The number of primary amides is 1. The largest absolute Gasteiger partial charge is 0.366 e. The molecule has 0 aliphatic rings. The van der Waals surface area contributed by atoms with Crippen molar-refractivity contribution in [1.82, 2.24) is 10.1 Å². The summed E-state index contributed by atoms with van der Waals surface area (Å²) in [6.45, 7) is 0. The molecule has 3 rings (SSSR count). The Morgan fingerprint density at radius 2 is 1.92 bits per heavy atom. The van der Waals surface area contributed by atoms with E-state index in [0.717, 1.165) is 15.6 Å². The fraction of sp³-hybridized carbons (Fsp3) is 0.158. The maximum atomic E-state index is 11.4. The van der Waals surface area contributed by atoms with Crippen LogP contribution in [0.3, 0.4) is 0 Å². The standard InChI is InChI=1S/C19H17BrN3O2/c20-15-10-8-13(9-11-15)12-17-22-18(25-23-17)7-3-5-14-4-1-2-6-16(14)19(21)24/h1-2,4,6-11H,3,5,12H2,(H2,21,24). The third-order valence-corrected chi connectivity index (χ3v) is 4.30. The molecule has 2 aromatic carbocycles. The van der Waals surface area contributed by atoms with Gasteiger partial charge >= 0.3 is 0 Å². The molecule has 1 heterocycles. The molecule has 127 valence electrons. The molecule has 0 saturated carbocycles. The van der Waals surface area contributed by atoms with Gasteiger partial charge in [0.05, 0.1) is 6.42 Å². The average Bonchev–Trinajstić information content (AvgIpc) is 3.04. The third kappa shape index (κ3) is 4.76. The Kier molecular flexibility index (Phi) is 5.60. The molecule has 3 aromatic rings. The first-order valence-electron chi connectivity index (χ1n) is 7.90. The molecule has 1 aromatic heterocycles. The second-order valence-corrected chi connectivity index (χ2v) is 6.53. The van der Waals surface area contributed by atoms with Crippen molar-refractivity contribution in [2.45, 2.75) is 19.3 Å². The van der Waals surface area contributed by atoms with Gasteiger partial charge in [-0.3, -0.25) is 4.79 Å². The van der Waals surface area contributed by atoms with E-state index in [2.05, 4.69) is 26.1 Å². The lowest BCUT2D eigenvalue weighted by atomic mass is 10.0. The number of nitrogens with two attached hydrogens (primary N) is 1. The number of amides is 1. The second-order valence-electron chi connectivity index (χ2n) is 5.62. The monoisotopic (exact) mass is 398 g/mol. The van der Waals surface area contributed by atoms with Crippen LogP contribution in [0.25, 0.3) is 0 Å². The van der Waals surface area contributed by atoms with Crippen LogP contribution in [0.2, 0.25) is 0 Å². The molecular weight excluding hydrogens is 382 g/mol. The van der Waals surface area contributed by atoms with Crippen LogP contribution in [0.5, 0.6) is 0 Å². The highest BCUT2D eigenvalue weighted by molar-refractivity contribution is 9.10. The van der Waals surface area contributed by atoms with Gasteiger partial charge in [-0.15, -0.1) is 0 Å². The molecule has 0 aliphatic carbocycles. The number of halogens is 1. The van der Waals surface area contributed by atoms with Crippen molar-refractivity contribution in [2.24, 2.45) is 5.73 Å². The van der Waals surface area contributed by atoms with E-state index in [0.29, 0.717) is 36.5 Å². The van der Waals surface area contributed by atoms with Gasteiger partial charge in [0.2, 0.25) is 11.8 Å². The van der Waals surface area contributed by atoms with Gasteiger partial charge in [-0.25, -0.2) is 0 Å². The zero-order valence-corrected chi connectivity index (χ0v) is 15.1. The first kappa shape index (κ1) is 17.4. The second kappa shape index (κ2) is 8.07. The normalized spacial score (nSPS) is 10.8. The molecule has 5 nitrogen and oxygen atoms in total. The summed E-state index contributed by atoms with van der Waals surface area (Å²) in [5, 5.41) is 4.00. The summed E-state index contributed by atoms with van der Waals surface area (Å²) in [6.07, 6.45) is 3.86. The highest BCUT2D eigenvalue weighted by Crippen LogP contribution is 2.15. The number of nitrogens with zero attached hydrogens (tertiary/aromatic N) is 2. The summed E-state index contributed by atoms with van der Waals surface area (Å²) in [4.78, 5) is 15.8. The molecule has 0 aliphatic heterocycles. The van der Waals surface area contributed by atoms with Crippen molar-refractivity contribution in [3.63, 3.8) is 0 Å². The van der Waals surface area contributed by atoms with Gasteiger partial charge < -0.3 is 10.3 Å². The van der Waals surface area contributed by atoms with Crippen LogP contribution in [0, 0.1) is 6.42 Å². The minimum atomic E-state index is -0.412. The first-order chi connectivity index (χ1) is 12.1. The zero-order valence-electron chi connectivity index (χ0n) is 13.5. The first-order valence-corrected chi connectivity index (χ1v) is 8.69. The molecule has 0 saturated heterocycles. The fourth-order valence-corrected chi connectivity index (χ4v) is 2.80. The number of hydrogen-bond donors (Lipinski definition) is 1. The molecule has 25 heavy (non-hydrogen) atoms. The van der Waals surface area contributed by atoms with E-state index < -0.39 is 5.91 Å². The van der Waals surface area contributed by atoms with E-state index in [1.54, 1.807) is 12.1 Å². The number of carbonyl (C=O) groups is 1. The number of aromatic nitrogens is 2. The van der Waals surface area contributed by atoms with Gasteiger partial charge in [0.1, 0.15) is 0 Å². The van der Waals surface area contributed by atoms with E-state index in [-0.39, 0.29) is 0 Å². The Morgan fingerprint density at radius 1 is 1.16 bits per heavy atom. The SMILES string of the molecule is NC(=O)c1ccccc1CC[CH]c1nc(Cc2ccc(Br)cc2)no1. The molecular formula is C19H17BrN3O2. The van der Waals surface area contributed by atoms with Crippen LogP contribution in [0.1, 0.15) is 39.6 Å². The molecule has 2 N–H and O–H groups in total. The molecule has 0 bridgehead atoms. The Labute approximate surface area is 154 Å². The topological polar surface area (TPSA) is 82.0 Å². The van der Waals surface area contributed by atoms with Crippen molar-refractivity contribution >= 4 is 21.8 Å². The van der Waals surface area contributed by atoms with Crippen LogP contribution >= 0.6 is 15.9 Å². The van der Waals surface area contributed by atoms with Crippen LogP contribution < -0.4 is 5.73 Å². The van der Waals surface area contributed by atoms with Crippen molar-refractivity contribution in [3.8, 4) is 0 Å². The number of carbonyl (C=O) groups excluding carboxylic acids is 1. The van der Waals surface area contributed by atoms with Crippen molar-refractivity contribution in [2.75, 3.05) is 0 Å². The third-order valence-electron chi connectivity index (χ3n) is 3.77. The Bertz CT molecular complexity index is 859. The van der Waals surface area contributed by atoms with Crippen LogP contribution in [-0.2, 0) is 12.8 Å². The molecule has 6 heteroatoms. The summed E-state index contributed by atoms with van der Waals surface area (Å²) in [6, 6.07) is 15.3. The van der Waals surface area contributed by atoms with Crippen molar-refractivity contribution in [1.29, 1.82) is 0 Å². The Hall–Kier alpha value is -2.47. The molecule has 1 radical (unpaired) electrons. The Balaban J connectivity index is 1.55. The van der Waals surface area contributed by atoms with Crippen LogP contribution in [0.15, 0.2) is 57.5 Å². The van der Waals surface area contributed by atoms with Gasteiger partial charge in [-0.2, -0.15) is 4.98 Å². The zero-order chi connectivity index (χ0) is 17.6.